The zero-order valence-corrected chi connectivity index (χ0v) is 12.2. The summed E-state index contributed by atoms with van der Waals surface area (Å²) in [6.45, 7) is 2.61. The van der Waals surface area contributed by atoms with Crippen molar-refractivity contribution in [1.29, 1.82) is 0 Å². The maximum Gasteiger partial charge on any atom is 0.240 e. The van der Waals surface area contributed by atoms with E-state index in [9.17, 15) is 4.79 Å². The van der Waals surface area contributed by atoms with Crippen LogP contribution in [0.4, 0.5) is 0 Å². The molecule has 0 radical (unpaired) electrons. The van der Waals surface area contributed by atoms with Gasteiger partial charge in [-0.25, -0.2) is 0 Å². The van der Waals surface area contributed by atoms with Gasteiger partial charge in [-0.15, -0.1) is 0 Å². The lowest BCUT2D eigenvalue weighted by Crippen LogP contribution is -2.42. The van der Waals surface area contributed by atoms with Gasteiger partial charge in [0, 0.05) is 6.54 Å². The van der Waals surface area contributed by atoms with Gasteiger partial charge in [0.2, 0.25) is 5.91 Å². The highest BCUT2D eigenvalue weighted by Crippen LogP contribution is 2.32. The minimum atomic E-state index is -0.603. The van der Waals surface area contributed by atoms with Crippen LogP contribution in [0, 0.1) is 6.92 Å². The summed E-state index contributed by atoms with van der Waals surface area (Å²) >= 11 is 0. The Morgan fingerprint density at radius 1 is 1.14 bits per heavy atom. The molecule has 0 bridgehead atoms. The van der Waals surface area contributed by atoms with Crippen molar-refractivity contribution in [3.8, 4) is 11.1 Å². The molecule has 2 aromatic rings. The Kier molecular flexibility index (Phi) is 3.52. The molecule has 0 saturated heterocycles. The first-order valence-electron chi connectivity index (χ1n) is 7.30. The molecular weight excluding hydrogens is 260 g/mol. The Bertz CT molecular complexity index is 674. The van der Waals surface area contributed by atoms with E-state index in [1.54, 1.807) is 0 Å². The van der Waals surface area contributed by atoms with E-state index in [0.29, 0.717) is 6.54 Å². The minimum absolute atomic E-state index is 0.0385. The molecule has 1 aliphatic rings. The van der Waals surface area contributed by atoms with Crippen LogP contribution in [0.1, 0.15) is 24.0 Å². The molecule has 0 aromatic heterocycles. The van der Waals surface area contributed by atoms with Crippen molar-refractivity contribution in [2.45, 2.75) is 31.8 Å². The molecule has 0 unspecified atom stereocenters. The van der Waals surface area contributed by atoms with E-state index in [0.717, 1.165) is 18.4 Å². The monoisotopic (exact) mass is 280 g/mol. The van der Waals surface area contributed by atoms with Gasteiger partial charge < -0.3 is 11.1 Å². The first-order valence-corrected chi connectivity index (χ1v) is 7.30. The summed E-state index contributed by atoms with van der Waals surface area (Å²) in [5, 5.41) is 2.93. The molecule has 3 nitrogen and oxygen atoms in total. The van der Waals surface area contributed by atoms with Crippen LogP contribution in [0.5, 0.6) is 0 Å². The quantitative estimate of drug-likeness (QED) is 0.905. The Hall–Kier alpha value is -2.13. The van der Waals surface area contributed by atoms with Crippen molar-refractivity contribution in [1.82, 2.24) is 5.32 Å². The highest BCUT2D eigenvalue weighted by molar-refractivity contribution is 5.88. The zero-order chi connectivity index (χ0) is 14.9. The van der Waals surface area contributed by atoms with Crippen LogP contribution in [0.2, 0.25) is 0 Å². The van der Waals surface area contributed by atoms with Crippen LogP contribution in [-0.4, -0.2) is 11.4 Å². The van der Waals surface area contributed by atoms with E-state index in [1.807, 2.05) is 12.1 Å². The van der Waals surface area contributed by atoms with Crippen LogP contribution in [0.3, 0.4) is 0 Å². The van der Waals surface area contributed by atoms with Crippen LogP contribution in [0.25, 0.3) is 11.1 Å². The molecule has 3 N–H and O–H groups in total. The van der Waals surface area contributed by atoms with Gasteiger partial charge in [-0.3, -0.25) is 4.79 Å². The van der Waals surface area contributed by atoms with Gasteiger partial charge in [-0.05, 0) is 42.5 Å². The molecule has 3 rings (SSSR count). The number of rotatable bonds is 4. The van der Waals surface area contributed by atoms with Crippen LogP contribution < -0.4 is 11.1 Å². The summed E-state index contributed by atoms with van der Waals surface area (Å²) < 4.78 is 0. The van der Waals surface area contributed by atoms with Crippen molar-refractivity contribution < 1.29 is 4.79 Å². The molecule has 3 heteroatoms. The molecule has 1 saturated carbocycles. The summed E-state index contributed by atoms with van der Waals surface area (Å²) in [6, 6.07) is 16.7. The molecule has 0 aliphatic heterocycles. The third-order valence-electron chi connectivity index (χ3n) is 3.97. The standard InChI is InChI=1S/C18H20N2O/c1-13-4-2-6-15(10-13)16-7-3-5-14(11-16)12-20-17(21)18(19)8-9-18/h2-7,10-11H,8-9,12,19H2,1H3,(H,20,21). The third-order valence-corrected chi connectivity index (χ3v) is 3.97. The summed E-state index contributed by atoms with van der Waals surface area (Å²) in [5.74, 6) is -0.0385. The lowest BCUT2D eigenvalue weighted by atomic mass is 10.0. The second kappa shape index (κ2) is 5.34. The van der Waals surface area contributed by atoms with Crippen LogP contribution >= 0.6 is 0 Å². The normalized spacial score (nSPS) is 15.5. The molecule has 21 heavy (non-hydrogen) atoms. The van der Waals surface area contributed by atoms with Gasteiger partial charge in [0.15, 0.2) is 0 Å². The summed E-state index contributed by atoms with van der Waals surface area (Å²) in [5.41, 5.74) is 9.97. The fourth-order valence-corrected chi connectivity index (χ4v) is 2.41. The Morgan fingerprint density at radius 2 is 1.81 bits per heavy atom. The van der Waals surface area contributed by atoms with Crippen molar-refractivity contribution >= 4 is 5.91 Å². The number of nitrogens with one attached hydrogen (secondary N) is 1. The van der Waals surface area contributed by atoms with E-state index >= 15 is 0 Å². The molecular formula is C18H20N2O. The Morgan fingerprint density at radius 3 is 2.48 bits per heavy atom. The maximum absolute atomic E-state index is 11.9. The molecule has 0 atom stereocenters. The fraction of sp³-hybridized carbons (Fsp3) is 0.278. The second-order valence-electron chi connectivity index (χ2n) is 5.91. The average molecular weight is 280 g/mol. The maximum atomic E-state index is 11.9. The minimum Gasteiger partial charge on any atom is -0.350 e. The molecule has 108 valence electrons. The van der Waals surface area contributed by atoms with Gasteiger partial charge in [0.25, 0.3) is 0 Å². The Balaban J connectivity index is 1.73. The molecule has 1 amide bonds. The fourth-order valence-electron chi connectivity index (χ4n) is 2.41. The van der Waals surface area contributed by atoms with Gasteiger partial charge in [-0.1, -0.05) is 48.0 Å². The second-order valence-corrected chi connectivity index (χ2v) is 5.91. The number of carbonyl (C=O) groups is 1. The number of aryl methyl sites for hydroxylation is 1. The molecule has 0 heterocycles. The smallest absolute Gasteiger partial charge is 0.240 e. The predicted octanol–water partition coefficient (Wildman–Crippen LogP) is 2.77. The molecule has 0 spiro atoms. The number of nitrogens with two attached hydrogens (primary N) is 1. The van der Waals surface area contributed by atoms with E-state index in [-0.39, 0.29) is 5.91 Å². The van der Waals surface area contributed by atoms with E-state index < -0.39 is 5.54 Å². The summed E-state index contributed by atoms with van der Waals surface area (Å²) in [6.07, 6.45) is 1.59. The number of carbonyl (C=O) groups excluding carboxylic acids is 1. The number of amides is 1. The van der Waals surface area contributed by atoms with Crippen LogP contribution in [-0.2, 0) is 11.3 Å². The number of hydrogen-bond acceptors (Lipinski definition) is 2. The highest BCUT2D eigenvalue weighted by Gasteiger charge is 2.45. The zero-order valence-electron chi connectivity index (χ0n) is 12.2. The molecule has 1 fully saturated rings. The van der Waals surface area contributed by atoms with Gasteiger partial charge in [-0.2, -0.15) is 0 Å². The van der Waals surface area contributed by atoms with Gasteiger partial charge >= 0.3 is 0 Å². The number of benzene rings is 2. The lowest BCUT2D eigenvalue weighted by molar-refractivity contribution is -0.123. The topological polar surface area (TPSA) is 55.1 Å². The SMILES string of the molecule is Cc1cccc(-c2cccc(CNC(=O)C3(N)CC3)c2)c1. The van der Waals surface area contributed by atoms with Crippen molar-refractivity contribution in [2.24, 2.45) is 5.73 Å². The Labute approximate surface area is 125 Å². The van der Waals surface area contributed by atoms with Gasteiger partial charge in [0.05, 0.1) is 5.54 Å². The highest BCUT2D eigenvalue weighted by atomic mass is 16.2. The average Bonchev–Trinajstić information content (AvgIpc) is 3.24. The van der Waals surface area contributed by atoms with Crippen molar-refractivity contribution in [3.05, 3.63) is 59.7 Å². The first-order chi connectivity index (χ1) is 10.1. The predicted molar refractivity (Wildman–Crippen MR) is 84.6 cm³/mol. The first kappa shape index (κ1) is 13.8. The van der Waals surface area contributed by atoms with E-state index in [4.69, 9.17) is 5.73 Å². The van der Waals surface area contributed by atoms with E-state index in [1.165, 1.54) is 16.7 Å². The van der Waals surface area contributed by atoms with Crippen LogP contribution in [0.15, 0.2) is 48.5 Å². The van der Waals surface area contributed by atoms with Crippen molar-refractivity contribution in [2.75, 3.05) is 0 Å². The molecule has 1 aliphatic carbocycles. The lowest BCUT2D eigenvalue weighted by Gasteiger charge is -2.11. The van der Waals surface area contributed by atoms with Crippen molar-refractivity contribution in [3.63, 3.8) is 0 Å². The summed E-state index contributed by atoms with van der Waals surface area (Å²) in [4.78, 5) is 11.9. The largest absolute Gasteiger partial charge is 0.350 e. The summed E-state index contributed by atoms with van der Waals surface area (Å²) in [7, 11) is 0. The molecule has 2 aromatic carbocycles. The number of hydrogen-bond donors (Lipinski definition) is 2. The van der Waals surface area contributed by atoms with Gasteiger partial charge in [0.1, 0.15) is 0 Å². The van der Waals surface area contributed by atoms with E-state index in [2.05, 4.69) is 48.6 Å². The third kappa shape index (κ3) is 3.14.